The molecule has 4 aromatic carbocycles. The number of hydrogen-bond donors (Lipinski definition) is 2. The van der Waals surface area contributed by atoms with Crippen molar-refractivity contribution >= 4 is 68.4 Å². The first-order chi connectivity index (χ1) is 16.8. The van der Waals surface area contributed by atoms with Crippen LogP contribution in [-0.2, 0) is 6.42 Å². The predicted octanol–water partition coefficient (Wildman–Crippen LogP) is 7.61. The minimum Gasteiger partial charge on any atom is -0.322 e. The largest absolute Gasteiger partial charge is 0.322 e. The van der Waals surface area contributed by atoms with Gasteiger partial charge in [-0.2, -0.15) is 0 Å². The maximum atomic E-state index is 12.5. The predicted molar refractivity (Wildman–Crippen MR) is 159 cm³/mol. The highest BCUT2D eigenvalue weighted by atomic mass is 127. The van der Waals surface area contributed by atoms with E-state index in [1.54, 1.807) is 0 Å². The number of nitrogens with one attached hydrogen (secondary N) is 2. The molecule has 0 saturated carbocycles. The monoisotopic (exact) mass is 686 g/mol. The molecule has 0 aliphatic carbocycles. The number of aryl methyl sites for hydroxylation is 2. The van der Waals surface area contributed by atoms with Crippen LogP contribution in [0.5, 0.6) is 0 Å². The van der Waals surface area contributed by atoms with Gasteiger partial charge in [0.2, 0.25) is 0 Å². The van der Waals surface area contributed by atoms with Crippen LogP contribution in [0.2, 0.25) is 0 Å². The Labute approximate surface area is 232 Å². The van der Waals surface area contributed by atoms with Crippen molar-refractivity contribution < 1.29 is 9.59 Å². The maximum Gasteiger partial charge on any atom is 0.255 e. The summed E-state index contributed by atoms with van der Waals surface area (Å²) in [5, 5.41) is 5.92. The summed E-state index contributed by atoms with van der Waals surface area (Å²) in [7, 11) is 0. The van der Waals surface area contributed by atoms with Crippen molar-refractivity contribution in [3.05, 3.63) is 125 Å². The van der Waals surface area contributed by atoms with Gasteiger partial charge in [0, 0.05) is 29.6 Å². The molecule has 6 heteroatoms. The molecule has 2 N–H and O–H groups in total. The quantitative estimate of drug-likeness (QED) is 0.205. The molecule has 0 aliphatic rings. The molecule has 0 atom stereocenters. The van der Waals surface area contributed by atoms with E-state index in [-0.39, 0.29) is 11.8 Å². The molecular formula is C29H24I2N2O2. The lowest BCUT2D eigenvalue weighted by atomic mass is 10.0. The van der Waals surface area contributed by atoms with Gasteiger partial charge < -0.3 is 10.6 Å². The fourth-order valence-corrected chi connectivity index (χ4v) is 4.55. The number of hydrogen-bond acceptors (Lipinski definition) is 2. The van der Waals surface area contributed by atoms with Crippen molar-refractivity contribution in [2.24, 2.45) is 0 Å². The van der Waals surface area contributed by atoms with Gasteiger partial charge in [0.25, 0.3) is 11.8 Å². The molecule has 2 amide bonds. The lowest BCUT2D eigenvalue weighted by molar-refractivity contribution is 0.101. The normalized spacial score (nSPS) is 10.6. The van der Waals surface area contributed by atoms with Gasteiger partial charge in [0.05, 0.1) is 0 Å². The van der Waals surface area contributed by atoms with E-state index in [9.17, 15) is 9.59 Å². The Morgan fingerprint density at radius 3 is 1.31 bits per heavy atom. The van der Waals surface area contributed by atoms with Crippen molar-refractivity contribution in [1.29, 1.82) is 0 Å². The van der Waals surface area contributed by atoms with Crippen molar-refractivity contribution in [3.8, 4) is 0 Å². The zero-order chi connectivity index (χ0) is 24.9. The van der Waals surface area contributed by atoms with Gasteiger partial charge in [-0.15, -0.1) is 0 Å². The summed E-state index contributed by atoms with van der Waals surface area (Å²) >= 11 is 4.48. The van der Waals surface area contributed by atoms with Crippen molar-refractivity contribution in [2.75, 3.05) is 10.6 Å². The third-order valence-corrected chi connectivity index (χ3v) is 8.02. The van der Waals surface area contributed by atoms with Crippen molar-refractivity contribution in [2.45, 2.75) is 20.3 Å². The van der Waals surface area contributed by atoms with Crippen molar-refractivity contribution in [3.63, 3.8) is 0 Å². The average molecular weight is 686 g/mol. The number of rotatable bonds is 6. The van der Waals surface area contributed by atoms with Gasteiger partial charge in [0.15, 0.2) is 0 Å². The highest BCUT2D eigenvalue weighted by Gasteiger charge is 2.09. The molecule has 0 aliphatic heterocycles. The van der Waals surface area contributed by atoms with Crippen LogP contribution in [0.4, 0.5) is 11.4 Å². The van der Waals surface area contributed by atoms with E-state index < -0.39 is 0 Å². The summed E-state index contributed by atoms with van der Waals surface area (Å²) in [5.41, 5.74) is 7.40. The van der Waals surface area contributed by atoms with E-state index in [0.29, 0.717) is 11.1 Å². The molecule has 0 radical (unpaired) electrons. The minimum atomic E-state index is -0.117. The van der Waals surface area contributed by atoms with Crippen molar-refractivity contribution in [1.82, 2.24) is 0 Å². The van der Waals surface area contributed by atoms with E-state index >= 15 is 0 Å². The number of carbonyl (C=O) groups excluding carboxylic acids is 2. The molecule has 35 heavy (non-hydrogen) atoms. The maximum absolute atomic E-state index is 12.5. The minimum absolute atomic E-state index is 0.117. The number of carbonyl (C=O) groups is 2. The first-order valence-electron chi connectivity index (χ1n) is 11.1. The first-order valence-corrected chi connectivity index (χ1v) is 13.3. The summed E-state index contributed by atoms with van der Waals surface area (Å²) in [5.74, 6) is -0.234. The smallest absolute Gasteiger partial charge is 0.255 e. The topological polar surface area (TPSA) is 58.2 Å². The Morgan fingerprint density at radius 2 is 0.971 bits per heavy atom. The van der Waals surface area contributed by atoms with E-state index in [1.165, 1.54) is 0 Å². The molecule has 0 heterocycles. The Hall–Kier alpha value is -2.72. The number of benzene rings is 4. The van der Waals surface area contributed by atoms with Gasteiger partial charge in [-0.05, 0) is 136 Å². The van der Waals surface area contributed by atoms with Crippen LogP contribution in [0.1, 0.15) is 43.0 Å². The van der Waals surface area contributed by atoms with E-state index in [4.69, 9.17) is 0 Å². The van der Waals surface area contributed by atoms with Gasteiger partial charge in [-0.25, -0.2) is 0 Å². The van der Waals surface area contributed by atoms with E-state index in [2.05, 4.69) is 55.8 Å². The second-order valence-corrected chi connectivity index (χ2v) is 10.7. The fraction of sp³-hybridized carbons (Fsp3) is 0.103. The van der Waals surface area contributed by atoms with Gasteiger partial charge in [-0.3, -0.25) is 9.59 Å². The lowest BCUT2D eigenvalue weighted by Gasteiger charge is -2.09. The Kier molecular flexibility index (Phi) is 8.22. The third-order valence-electron chi connectivity index (χ3n) is 5.70. The molecule has 0 saturated heterocycles. The van der Waals surface area contributed by atoms with Crippen LogP contribution >= 0.6 is 45.2 Å². The highest BCUT2D eigenvalue weighted by molar-refractivity contribution is 14.1. The molecule has 0 fully saturated rings. The summed E-state index contributed by atoms with van der Waals surface area (Å²) in [6.45, 7) is 4.05. The fourth-order valence-electron chi connectivity index (χ4n) is 3.52. The number of halogens is 2. The number of amides is 2. The average Bonchev–Trinajstić information content (AvgIpc) is 2.85. The molecule has 0 aromatic heterocycles. The molecule has 176 valence electrons. The molecule has 4 aromatic rings. The lowest BCUT2D eigenvalue weighted by Crippen LogP contribution is -2.12. The highest BCUT2D eigenvalue weighted by Crippen LogP contribution is 2.19. The van der Waals surface area contributed by atoms with E-state index in [1.807, 2.05) is 98.8 Å². The Bertz CT molecular complexity index is 1270. The standard InChI is InChI=1S/C29H24I2N2O2/c1-18-3-9-22(16-26(18)30)28(34)32-24-11-5-20(6-12-24)15-21-7-13-25(14-8-21)33-29(35)23-10-4-19(2)27(31)17-23/h3-14,16-17H,15H2,1-2H3,(H,32,34)(H,33,35). The second kappa shape index (κ2) is 11.3. The molecule has 0 spiro atoms. The van der Waals surface area contributed by atoms with Crippen LogP contribution in [-0.4, -0.2) is 11.8 Å². The first kappa shape index (κ1) is 25.4. The van der Waals surface area contributed by atoms with Crippen LogP contribution < -0.4 is 10.6 Å². The Balaban J connectivity index is 1.34. The SMILES string of the molecule is Cc1ccc(C(=O)Nc2ccc(Cc3ccc(NC(=O)c4ccc(C)c(I)c4)cc3)cc2)cc1I. The zero-order valence-corrected chi connectivity index (χ0v) is 23.7. The van der Waals surface area contributed by atoms with Crippen LogP contribution in [0.15, 0.2) is 84.9 Å². The van der Waals surface area contributed by atoms with Gasteiger partial charge >= 0.3 is 0 Å². The van der Waals surface area contributed by atoms with Gasteiger partial charge in [0.1, 0.15) is 0 Å². The summed E-state index contributed by atoms with van der Waals surface area (Å²) < 4.78 is 2.14. The number of anilines is 2. The summed E-state index contributed by atoms with van der Waals surface area (Å²) in [6, 6.07) is 27.1. The van der Waals surface area contributed by atoms with E-state index in [0.717, 1.165) is 47.2 Å². The second-order valence-electron chi connectivity index (χ2n) is 8.41. The van der Waals surface area contributed by atoms with Crippen LogP contribution in [0.25, 0.3) is 0 Å². The molecule has 0 unspecified atom stereocenters. The molecule has 4 rings (SSSR count). The molecular weight excluding hydrogens is 662 g/mol. The van der Waals surface area contributed by atoms with Crippen LogP contribution in [0, 0.1) is 21.0 Å². The Morgan fingerprint density at radius 1 is 0.600 bits per heavy atom. The molecule has 0 bridgehead atoms. The van der Waals surface area contributed by atoms with Gasteiger partial charge in [-0.1, -0.05) is 36.4 Å². The summed E-state index contributed by atoms with van der Waals surface area (Å²) in [6.07, 6.45) is 0.759. The molecule has 4 nitrogen and oxygen atoms in total. The zero-order valence-electron chi connectivity index (χ0n) is 19.4. The van der Waals surface area contributed by atoms with Crippen LogP contribution in [0.3, 0.4) is 0 Å². The third kappa shape index (κ3) is 6.70. The summed E-state index contributed by atoms with van der Waals surface area (Å²) in [4.78, 5) is 25.1.